The Bertz CT molecular complexity index is 476. The van der Waals surface area contributed by atoms with Gasteiger partial charge in [0.05, 0.1) is 6.10 Å². The molecular weight excluding hydrogens is 274 g/mol. The highest BCUT2D eigenvalue weighted by atomic mass is 35.5. The summed E-state index contributed by atoms with van der Waals surface area (Å²) in [5, 5.41) is 10.3. The van der Waals surface area contributed by atoms with Crippen molar-refractivity contribution in [3.05, 3.63) is 29.3 Å². The molecule has 2 saturated carbocycles. The molecule has 0 heterocycles. The monoisotopic (exact) mass is 293 g/mol. The molecule has 0 saturated heterocycles. The van der Waals surface area contributed by atoms with Gasteiger partial charge in [0.1, 0.15) is 0 Å². The van der Waals surface area contributed by atoms with E-state index in [0.29, 0.717) is 5.02 Å². The van der Waals surface area contributed by atoms with E-state index in [-0.39, 0.29) is 24.0 Å². The van der Waals surface area contributed by atoms with Crippen molar-refractivity contribution in [3.8, 4) is 0 Å². The zero-order valence-electron chi connectivity index (χ0n) is 11.5. The van der Waals surface area contributed by atoms with Gasteiger partial charge in [-0.1, -0.05) is 11.6 Å². The molecule has 0 unspecified atom stereocenters. The van der Waals surface area contributed by atoms with Gasteiger partial charge in [-0.05, 0) is 62.8 Å². The molecule has 3 nitrogen and oxygen atoms in total. The van der Waals surface area contributed by atoms with Gasteiger partial charge in [0.25, 0.3) is 0 Å². The van der Waals surface area contributed by atoms with Crippen LogP contribution in [-0.4, -0.2) is 23.2 Å². The first kappa shape index (κ1) is 13.9. The predicted molar refractivity (Wildman–Crippen MR) is 79.9 cm³/mol. The molecule has 0 radical (unpaired) electrons. The second-order valence-corrected chi connectivity index (χ2v) is 6.36. The van der Waals surface area contributed by atoms with E-state index >= 15 is 0 Å². The van der Waals surface area contributed by atoms with E-state index in [2.05, 4.69) is 0 Å². The summed E-state index contributed by atoms with van der Waals surface area (Å²) < 4.78 is 0. The molecule has 2 fully saturated rings. The van der Waals surface area contributed by atoms with Crippen LogP contribution in [0.15, 0.2) is 24.3 Å². The van der Waals surface area contributed by atoms with E-state index in [1.54, 1.807) is 0 Å². The molecule has 0 bridgehead atoms. The van der Waals surface area contributed by atoms with Crippen LogP contribution in [0.25, 0.3) is 0 Å². The van der Waals surface area contributed by atoms with Crippen LogP contribution in [0.3, 0.4) is 0 Å². The molecule has 0 spiro atoms. The van der Waals surface area contributed by atoms with Gasteiger partial charge >= 0.3 is 0 Å². The highest BCUT2D eigenvalue weighted by Gasteiger charge is 2.38. The van der Waals surface area contributed by atoms with Crippen molar-refractivity contribution in [1.82, 2.24) is 0 Å². The standard InChI is InChI=1S/C16H20ClNO2/c17-12-3-5-13(6-4-12)18(16(20)11-1-2-11)14-7-9-15(19)10-8-14/h3-6,11,14-15,19H,1-2,7-10H2. The average Bonchev–Trinajstić information content (AvgIpc) is 3.28. The molecule has 1 aromatic carbocycles. The Hall–Kier alpha value is -1.06. The van der Waals surface area contributed by atoms with Crippen LogP contribution in [0, 0.1) is 5.92 Å². The summed E-state index contributed by atoms with van der Waals surface area (Å²) in [5.74, 6) is 0.450. The molecule has 3 rings (SSSR count). The molecule has 1 aromatic rings. The van der Waals surface area contributed by atoms with Crippen molar-refractivity contribution in [3.63, 3.8) is 0 Å². The van der Waals surface area contributed by atoms with E-state index in [4.69, 9.17) is 11.6 Å². The lowest BCUT2D eigenvalue weighted by molar-refractivity contribution is -0.120. The third-order valence-electron chi connectivity index (χ3n) is 4.30. The maximum atomic E-state index is 12.6. The number of rotatable bonds is 3. The van der Waals surface area contributed by atoms with Gasteiger partial charge in [-0.15, -0.1) is 0 Å². The molecule has 2 aliphatic carbocycles. The van der Waals surface area contributed by atoms with Gasteiger partial charge in [0.2, 0.25) is 5.91 Å². The Morgan fingerprint density at radius 3 is 2.20 bits per heavy atom. The average molecular weight is 294 g/mol. The van der Waals surface area contributed by atoms with Crippen LogP contribution < -0.4 is 4.90 Å². The van der Waals surface area contributed by atoms with E-state index in [1.165, 1.54) is 0 Å². The minimum atomic E-state index is -0.200. The maximum absolute atomic E-state index is 12.6. The minimum absolute atomic E-state index is 0.200. The second-order valence-electron chi connectivity index (χ2n) is 5.92. The normalized spacial score (nSPS) is 26.3. The number of hydrogen-bond acceptors (Lipinski definition) is 2. The maximum Gasteiger partial charge on any atom is 0.230 e. The number of aliphatic hydroxyl groups is 1. The SMILES string of the molecule is O=C(C1CC1)N(c1ccc(Cl)cc1)C1CCC(O)CC1. The first-order valence-electron chi connectivity index (χ1n) is 7.42. The fraction of sp³-hybridized carbons (Fsp3) is 0.562. The fourth-order valence-corrected chi connectivity index (χ4v) is 3.09. The number of halogens is 1. The van der Waals surface area contributed by atoms with E-state index in [9.17, 15) is 9.90 Å². The number of nitrogens with zero attached hydrogens (tertiary/aromatic N) is 1. The largest absolute Gasteiger partial charge is 0.393 e. The third kappa shape index (κ3) is 2.99. The van der Waals surface area contributed by atoms with Crippen LogP contribution in [0.1, 0.15) is 38.5 Å². The second kappa shape index (κ2) is 5.74. The van der Waals surface area contributed by atoms with Gasteiger partial charge < -0.3 is 10.0 Å². The predicted octanol–water partition coefficient (Wildman–Crippen LogP) is 3.39. The quantitative estimate of drug-likeness (QED) is 0.928. The zero-order valence-corrected chi connectivity index (χ0v) is 12.2. The molecule has 0 atom stereocenters. The summed E-state index contributed by atoms with van der Waals surface area (Å²) in [7, 11) is 0. The lowest BCUT2D eigenvalue weighted by atomic mass is 9.91. The topological polar surface area (TPSA) is 40.5 Å². The fourth-order valence-electron chi connectivity index (χ4n) is 2.96. The number of hydrogen-bond donors (Lipinski definition) is 1. The Balaban J connectivity index is 1.83. The van der Waals surface area contributed by atoms with Crippen LogP contribution in [0.5, 0.6) is 0 Å². The number of aliphatic hydroxyl groups excluding tert-OH is 1. The van der Waals surface area contributed by atoms with Crippen LogP contribution in [0.2, 0.25) is 5.02 Å². The summed E-state index contributed by atoms with van der Waals surface area (Å²) in [4.78, 5) is 14.6. The molecule has 20 heavy (non-hydrogen) atoms. The highest BCUT2D eigenvalue weighted by molar-refractivity contribution is 6.30. The molecule has 1 N–H and O–H groups in total. The summed E-state index contributed by atoms with van der Waals surface area (Å²) in [6.07, 6.45) is 5.15. The number of carbonyl (C=O) groups excluding carboxylic acids is 1. The van der Waals surface area contributed by atoms with E-state index in [1.807, 2.05) is 29.2 Å². The molecule has 0 aliphatic heterocycles. The molecule has 2 aliphatic rings. The van der Waals surface area contributed by atoms with Gasteiger partial charge in [-0.3, -0.25) is 4.79 Å². The molecule has 4 heteroatoms. The molecule has 108 valence electrons. The first-order valence-corrected chi connectivity index (χ1v) is 7.79. The zero-order chi connectivity index (χ0) is 14.1. The van der Waals surface area contributed by atoms with Crippen LogP contribution >= 0.6 is 11.6 Å². The van der Waals surface area contributed by atoms with Crippen LogP contribution in [0.4, 0.5) is 5.69 Å². The number of benzene rings is 1. The Morgan fingerprint density at radius 2 is 1.65 bits per heavy atom. The van der Waals surface area contributed by atoms with Gasteiger partial charge in [-0.2, -0.15) is 0 Å². The van der Waals surface area contributed by atoms with Crippen molar-refractivity contribution in [2.45, 2.75) is 50.7 Å². The summed E-state index contributed by atoms with van der Waals surface area (Å²) in [6.45, 7) is 0. The van der Waals surface area contributed by atoms with E-state index < -0.39 is 0 Å². The first-order chi connectivity index (χ1) is 9.65. The summed E-state index contributed by atoms with van der Waals surface area (Å²) in [5.41, 5.74) is 0.938. The van der Waals surface area contributed by atoms with E-state index in [0.717, 1.165) is 44.2 Å². The van der Waals surface area contributed by atoms with Gasteiger partial charge in [0, 0.05) is 22.7 Å². The van der Waals surface area contributed by atoms with Gasteiger partial charge in [0.15, 0.2) is 0 Å². The summed E-state index contributed by atoms with van der Waals surface area (Å²) >= 11 is 5.94. The highest BCUT2D eigenvalue weighted by Crippen LogP contribution is 2.36. The Kier molecular flexibility index (Phi) is 3.99. The molecule has 0 aromatic heterocycles. The van der Waals surface area contributed by atoms with Crippen molar-refractivity contribution in [2.24, 2.45) is 5.92 Å². The molecule has 1 amide bonds. The van der Waals surface area contributed by atoms with Crippen molar-refractivity contribution >= 4 is 23.2 Å². The van der Waals surface area contributed by atoms with Crippen molar-refractivity contribution in [2.75, 3.05) is 4.90 Å². The number of amides is 1. The number of carbonyl (C=O) groups is 1. The Morgan fingerprint density at radius 1 is 1.05 bits per heavy atom. The minimum Gasteiger partial charge on any atom is -0.393 e. The van der Waals surface area contributed by atoms with Crippen molar-refractivity contribution < 1.29 is 9.90 Å². The number of anilines is 1. The van der Waals surface area contributed by atoms with Crippen LogP contribution in [-0.2, 0) is 4.79 Å². The summed E-state index contributed by atoms with van der Waals surface area (Å²) in [6, 6.07) is 7.73. The lowest BCUT2D eigenvalue weighted by Gasteiger charge is -2.36. The lowest BCUT2D eigenvalue weighted by Crippen LogP contribution is -2.44. The molecular formula is C16H20ClNO2. The Labute approximate surface area is 124 Å². The van der Waals surface area contributed by atoms with Crippen molar-refractivity contribution in [1.29, 1.82) is 0 Å². The smallest absolute Gasteiger partial charge is 0.230 e. The third-order valence-corrected chi connectivity index (χ3v) is 4.55. The van der Waals surface area contributed by atoms with Gasteiger partial charge in [-0.25, -0.2) is 0 Å².